The summed E-state index contributed by atoms with van der Waals surface area (Å²) in [5.41, 5.74) is 6.49. The molecule has 0 fully saturated rings. The van der Waals surface area contributed by atoms with Gasteiger partial charge < -0.3 is 15.8 Å². The molecule has 0 saturated heterocycles. The third kappa shape index (κ3) is 4.82. The predicted octanol–water partition coefficient (Wildman–Crippen LogP) is 1.07. The Morgan fingerprint density at radius 1 is 1.59 bits per heavy atom. The van der Waals surface area contributed by atoms with Crippen molar-refractivity contribution in [2.24, 2.45) is 5.92 Å². The monoisotopic (exact) mass is 237 g/mol. The highest BCUT2D eigenvalue weighted by Gasteiger charge is 2.08. The number of hydrogen-bond acceptors (Lipinski definition) is 4. The maximum absolute atomic E-state index is 11.7. The number of pyridine rings is 1. The molecule has 5 nitrogen and oxygen atoms in total. The molecular weight excluding hydrogens is 218 g/mol. The Labute approximate surface area is 101 Å². The summed E-state index contributed by atoms with van der Waals surface area (Å²) in [6.45, 7) is 5.83. The number of nitrogens with two attached hydrogens (primary N) is 1. The summed E-state index contributed by atoms with van der Waals surface area (Å²) in [4.78, 5) is 15.5. The summed E-state index contributed by atoms with van der Waals surface area (Å²) in [6.07, 6.45) is 3.01. The Kier molecular flexibility index (Phi) is 5.42. The van der Waals surface area contributed by atoms with Crippen LogP contribution in [0.2, 0.25) is 0 Å². The number of anilines is 1. The van der Waals surface area contributed by atoms with Crippen LogP contribution < -0.4 is 11.1 Å². The Morgan fingerprint density at radius 2 is 2.35 bits per heavy atom. The van der Waals surface area contributed by atoms with Gasteiger partial charge in [-0.2, -0.15) is 0 Å². The maximum Gasteiger partial charge on any atom is 0.255 e. The van der Waals surface area contributed by atoms with Crippen molar-refractivity contribution in [3.8, 4) is 0 Å². The van der Waals surface area contributed by atoms with Crippen LogP contribution in [0.4, 0.5) is 5.69 Å². The van der Waals surface area contributed by atoms with Crippen LogP contribution >= 0.6 is 0 Å². The van der Waals surface area contributed by atoms with Gasteiger partial charge in [-0.1, -0.05) is 13.8 Å². The fraction of sp³-hybridized carbons (Fsp3) is 0.500. The minimum absolute atomic E-state index is 0.219. The van der Waals surface area contributed by atoms with E-state index in [0.29, 0.717) is 36.9 Å². The quantitative estimate of drug-likeness (QED) is 0.725. The Morgan fingerprint density at radius 3 is 3.00 bits per heavy atom. The van der Waals surface area contributed by atoms with Crippen molar-refractivity contribution in [1.82, 2.24) is 10.3 Å². The topological polar surface area (TPSA) is 77.2 Å². The molecule has 0 bridgehead atoms. The Balaban J connectivity index is 2.29. The summed E-state index contributed by atoms with van der Waals surface area (Å²) in [5, 5.41) is 2.73. The molecule has 0 saturated carbocycles. The summed E-state index contributed by atoms with van der Waals surface area (Å²) in [7, 11) is 0. The second-order valence-corrected chi connectivity index (χ2v) is 4.19. The Hall–Kier alpha value is -1.62. The van der Waals surface area contributed by atoms with Gasteiger partial charge in [0.25, 0.3) is 5.91 Å². The van der Waals surface area contributed by atoms with E-state index < -0.39 is 0 Å². The first-order valence-electron chi connectivity index (χ1n) is 5.66. The number of amides is 1. The number of nitrogen functional groups attached to an aromatic ring is 1. The zero-order valence-electron chi connectivity index (χ0n) is 10.3. The number of hydrogen-bond donors (Lipinski definition) is 2. The highest BCUT2D eigenvalue weighted by Crippen LogP contribution is 2.07. The molecule has 0 unspecified atom stereocenters. The van der Waals surface area contributed by atoms with Gasteiger partial charge in [0.15, 0.2) is 0 Å². The van der Waals surface area contributed by atoms with Gasteiger partial charge in [0.05, 0.1) is 12.2 Å². The van der Waals surface area contributed by atoms with Crippen molar-refractivity contribution in [2.45, 2.75) is 13.8 Å². The first kappa shape index (κ1) is 13.4. The molecule has 1 rings (SSSR count). The van der Waals surface area contributed by atoms with Gasteiger partial charge in [-0.15, -0.1) is 0 Å². The van der Waals surface area contributed by atoms with Crippen LogP contribution in [0.15, 0.2) is 18.5 Å². The van der Waals surface area contributed by atoms with E-state index in [1.165, 1.54) is 6.20 Å². The summed E-state index contributed by atoms with van der Waals surface area (Å²) in [6, 6.07) is 1.60. The molecule has 1 heterocycles. The number of rotatable bonds is 6. The SMILES string of the molecule is CC(C)COCCNC(=O)c1cnccc1N. The van der Waals surface area contributed by atoms with Crippen LogP contribution in [-0.4, -0.2) is 30.6 Å². The average molecular weight is 237 g/mol. The first-order chi connectivity index (χ1) is 8.11. The second kappa shape index (κ2) is 6.85. The molecule has 3 N–H and O–H groups in total. The van der Waals surface area contributed by atoms with E-state index in [1.807, 2.05) is 0 Å². The number of carbonyl (C=O) groups is 1. The minimum atomic E-state index is -0.219. The average Bonchev–Trinajstić information content (AvgIpc) is 2.28. The van der Waals surface area contributed by atoms with Crippen LogP contribution in [0.5, 0.6) is 0 Å². The largest absolute Gasteiger partial charge is 0.398 e. The third-order valence-corrected chi connectivity index (χ3v) is 2.08. The molecule has 1 aromatic rings. The van der Waals surface area contributed by atoms with Gasteiger partial charge in [0.1, 0.15) is 0 Å². The summed E-state index contributed by atoms with van der Waals surface area (Å²) < 4.78 is 5.35. The van der Waals surface area contributed by atoms with Crippen molar-refractivity contribution in [2.75, 3.05) is 25.5 Å². The third-order valence-electron chi connectivity index (χ3n) is 2.08. The summed E-state index contributed by atoms with van der Waals surface area (Å²) >= 11 is 0. The number of nitrogens with one attached hydrogen (secondary N) is 1. The van der Waals surface area contributed by atoms with Crippen LogP contribution in [0.3, 0.4) is 0 Å². The Bertz CT molecular complexity index is 367. The van der Waals surface area contributed by atoms with E-state index >= 15 is 0 Å². The summed E-state index contributed by atoms with van der Waals surface area (Å²) in [5.74, 6) is 0.281. The van der Waals surface area contributed by atoms with Gasteiger partial charge in [0, 0.05) is 31.2 Å². The number of nitrogens with zero attached hydrogens (tertiary/aromatic N) is 1. The second-order valence-electron chi connectivity index (χ2n) is 4.19. The number of carbonyl (C=O) groups excluding carboxylic acids is 1. The van der Waals surface area contributed by atoms with Gasteiger partial charge in [-0.25, -0.2) is 0 Å². The zero-order chi connectivity index (χ0) is 12.7. The lowest BCUT2D eigenvalue weighted by Crippen LogP contribution is -2.28. The van der Waals surface area contributed by atoms with Gasteiger partial charge in [-0.3, -0.25) is 9.78 Å². The van der Waals surface area contributed by atoms with Gasteiger partial charge in [-0.05, 0) is 12.0 Å². The van der Waals surface area contributed by atoms with E-state index in [-0.39, 0.29) is 5.91 Å². The first-order valence-corrected chi connectivity index (χ1v) is 5.66. The zero-order valence-corrected chi connectivity index (χ0v) is 10.3. The van der Waals surface area contributed by atoms with E-state index in [2.05, 4.69) is 24.1 Å². The lowest BCUT2D eigenvalue weighted by Gasteiger charge is -2.08. The molecule has 0 aliphatic carbocycles. The predicted molar refractivity (Wildman–Crippen MR) is 66.6 cm³/mol. The van der Waals surface area contributed by atoms with Crippen molar-refractivity contribution < 1.29 is 9.53 Å². The fourth-order valence-electron chi connectivity index (χ4n) is 1.25. The molecule has 5 heteroatoms. The molecular formula is C12H19N3O2. The maximum atomic E-state index is 11.7. The lowest BCUT2D eigenvalue weighted by molar-refractivity contribution is 0.0886. The van der Waals surface area contributed by atoms with Crippen LogP contribution in [0, 0.1) is 5.92 Å². The molecule has 17 heavy (non-hydrogen) atoms. The highest BCUT2D eigenvalue weighted by molar-refractivity contribution is 5.98. The van der Waals surface area contributed by atoms with E-state index in [9.17, 15) is 4.79 Å². The van der Waals surface area contributed by atoms with Crippen LogP contribution in [-0.2, 0) is 4.74 Å². The van der Waals surface area contributed by atoms with Gasteiger partial charge >= 0.3 is 0 Å². The minimum Gasteiger partial charge on any atom is -0.398 e. The van der Waals surface area contributed by atoms with Crippen molar-refractivity contribution >= 4 is 11.6 Å². The van der Waals surface area contributed by atoms with E-state index in [0.717, 1.165) is 0 Å². The fourth-order valence-corrected chi connectivity index (χ4v) is 1.25. The van der Waals surface area contributed by atoms with Crippen molar-refractivity contribution in [3.63, 3.8) is 0 Å². The standard InChI is InChI=1S/C12H19N3O2/c1-9(2)8-17-6-5-15-12(16)10-7-14-4-3-11(10)13/h3-4,7,9H,5-6,8H2,1-2H3,(H2,13,14)(H,15,16). The molecule has 0 radical (unpaired) electrons. The molecule has 1 aromatic heterocycles. The smallest absolute Gasteiger partial charge is 0.255 e. The van der Waals surface area contributed by atoms with Gasteiger partial charge in [0.2, 0.25) is 0 Å². The van der Waals surface area contributed by atoms with E-state index in [1.54, 1.807) is 12.3 Å². The molecule has 0 aliphatic heterocycles. The molecule has 0 atom stereocenters. The molecule has 1 amide bonds. The number of aromatic nitrogens is 1. The van der Waals surface area contributed by atoms with Crippen molar-refractivity contribution in [3.05, 3.63) is 24.0 Å². The molecule has 0 spiro atoms. The van der Waals surface area contributed by atoms with Crippen molar-refractivity contribution in [1.29, 1.82) is 0 Å². The molecule has 0 aliphatic rings. The highest BCUT2D eigenvalue weighted by atomic mass is 16.5. The molecule has 0 aromatic carbocycles. The van der Waals surface area contributed by atoms with Crippen LogP contribution in [0.1, 0.15) is 24.2 Å². The normalized spacial score (nSPS) is 10.5. The van der Waals surface area contributed by atoms with Crippen LogP contribution in [0.25, 0.3) is 0 Å². The van der Waals surface area contributed by atoms with E-state index in [4.69, 9.17) is 10.5 Å². The number of ether oxygens (including phenoxy) is 1. The lowest BCUT2D eigenvalue weighted by atomic mass is 10.2. The molecule has 94 valence electrons.